The van der Waals surface area contributed by atoms with E-state index in [1.54, 1.807) is 20.8 Å². The van der Waals surface area contributed by atoms with Crippen molar-refractivity contribution < 1.29 is 13.2 Å². The van der Waals surface area contributed by atoms with Gasteiger partial charge in [0.25, 0.3) is 0 Å². The van der Waals surface area contributed by atoms with Crippen LogP contribution in [0.2, 0.25) is 0 Å². The van der Waals surface area contributed by atoms with Crippen molar-refractivity contribution in [2.24, 2.45) is 0 Å². The van der Waals surface area contributed by atoms with Gasteiger partial charge in [-0.05, 0) is 60.9 Å². The summed E-state index contributed by atoms with van der Waals surface area (Å²) in [5.74, 6) is 0.682. The van der Waals surface area contributed by atoms with E-state index >= 15 is 0 Å². The van der Waals surface area contributed by atoms with Crippen molar-refractivity contribution in [3.05, 3.63) is 28.2 Å². The van der Waals surface area contributed by atoms with Gasteiger partial charge in [0.2, 0.25) is 0 Å². The fraction of sp³-hybridized carbons (Fsp3) is 0.600. The van der Waals surface area contributed by atoms with E-state index in [9.17, 15) is 8.42 Å². The molecule has 0 saturated carbocycles. The Balaban J connectivity index is 2.61. The monoisotopic (exact) mass is 377 g/mol. The number of ether oxygens (including phenoxy) is 1. The molecule has 0 radical (unpaired) electrons. The highest BCUT2D eigenvalue weighted by Crippen LogP contribution is 2.26. The van der Waals surface area contributed by atoms with Crippen LogP contribution in [0.3, 0.4) is 0 Å². The van der Waals surface area contributed by atoms with Crippen LogP contribution >= 0.6 is 15.9 Å². The molecule has 1 aromatic carbocycles. The van der Waals surface area contributed by atoms with Crippen LogP contribution in [0.1, 0.15) is 33.3 Å². The number of benzene rings is 1. The topological polar surface area (TPSA) is 55.4 Å². The highest BCUT2D eigenvalue weighted by Gasteiger charge is 2.28. The fourth-order valence-corrected chi connectivity index (χ4v) is 3.06. The average molecular weight is 378 g/mol. The van der Waals surface area contributed by atoms with Gasteiger partial charge in [-0.1, -0.05) is 13.0 Å². The molecular formula is C15H24BrNO3S. The standard InChI is InChI=1S/C15H24BrNO3S/c1-5-17-11-12-6-7-14(13(16)10-12)20-8-9-21(18,19)15(2,3)4/h6-7,10,17H,5,8-9,11H2,1-4H3. The second kappa shape index (κ2) is 7.61. The summed E-state index contributed by atoms with van der Waals surface area (Å²) >= 11 is 3.46. The Morgan fingerprint density at radius 3 is 2.48 bits per heavy atom. The molecule has 4 nitrogen and oxygen atoms in total. The highest BCUT2D eigenvalue weighted by atomic mass is 79.9. The summed E-state index contributed by atoms with van der Waals surface area (Å²) in [6.07, 6.45) is 0. The van der Waals surface area contributed by atoms with Crippen molar-refractivity contribution in [3.8, 4) is 5.75 Å². The summed E-state index contributed by atoms with van der Waals surface area (Å²) in [4.78, 5) is 0. The zero-order chi connectivity index (χ0) is 16.1. The maximum atomic E-state index is 12.0. The predicted octanol–water partition coefficient (Wildman–Crippen LogP) is 3.15. The normalized spacial score (nSPS) is 12.4. The Morgan fingerprint density at radius 1 is 1.29 bits per heavy atom. The Kier molecular flexibility index (Phi) is 6.69. The highest BCUT2D eigenvalue weighted by molar-refractivity contribution is 9.10. The lowest BCUT2D eigenvalue weighted by Crippen LogP contribution is -2.32. The summed E-state index contributed by atoms with van der Waals surface area (Å²) in [6, 6.07) is 5.82. The molecule has 120 valence electrons. The molecule has 0 unspecified atom stereocenters. The van der Waals surface area contributed by atoms with Crippen LogP contribution in [0.5, 0.6) is 5.75 Å². The van der Waals surface area contributed by atoms with E-state index in [4.69, 9.17) is 4.74 Å². The third-order valence-electron chi connectivity index (χ3n) is 3.12. The number of sulfone groups is 1. The van der Waals surface area contributed by atoms with Crippen molar-refractivity contribution in [2.45, 2.75) is 39.0 Å². The molecule has 0 saturated heterocycles. The average Bonchev–Trinajstić information content (AvgIpc) is 2.37. The Hall–Kier alpha value is -0.590. The maximum Gasteiger partial charge on any atom is 0.158 e. The minimum absolute atomic E-state index is 0.0160. The summed E-state index contributed by atoms with van der Waals surface area (Å²) < 4.78 is 29.7. The van der Waals surface area contributed by atoms with E-state index in [1.165, 1.54) is 0 Å². The molecule has 0 bridgehead atoms. The van der Waals surface area contributed by atoms with E-state index in [2.05, 4.69) is 28.2 Å². The third kappa shape index (κ3) is 5.60. The van der Waals surface area contributed by atoms with Crippen LogP contribution in [0, 0.1) is 0 Å². The summed E-state index contributed by atoms with van der Waals surface area (Å²) in [5.41, 5.74) is 1.15. The number of rotatable bonds is 7. The lowest BCUT2D eigenvalue weighted by Gasteiger charge is -2.19. The Morgan fingerprint density at radius 2 is 1.95 bits per heavy atom. The number of nitrogens with one attached hydrogen (secondary N) is 1. The van der Waals surface area contributed by atoms with Crippen LogP contribution in [0.25, 0.3) is 0 Å². The molecule has 1 aromatic rings. The summed E-state index contributed by atoms with van der Waals surface area (Å²) in [7, 11) is -3.15. The maximum absolute atomic E-state index is 12.0. The third-order valence-corrected chi connectivity index (χ3v) is 6.31. The quantitative estimate of drug-likeness (QED) is 0.792. The SMILES string of the molecule is CCNCc1ccc(OCCS(=O)(=O)C(C)(C)C)c(Br)c1. The van der Waals surface area contributed by atoms with Gasteiger partial charge in [0.05, 0.1) is 15.0 Å². The largest absolute Gasteiger partial charge is 0.491 e. The van der Waals surface area contributed by atoms with Crippen molar-refractivity contribution in [3.63, 3.8) is 0 Å². The van der Waals surface area contributed by atoms with E-state index in [-0.39, 0.29) is 12.4 Å². The van der Waals surface area contributed by atoms with Gasteiger partial charge in [0.1, 0.15) is 12.4 Å². The zero-order valence-electron chi connectivity index (χ0n) is 13.1. The van der Waals surface area contributed by atoms with Gasteiger partial charge in [-0.15, -0.1) is 0 Å². The van der Waals surface area contributed by atoms with Crippen LogP contribution < -0.4 is 10.1 Å². The lowest BCUT2D eigenvalue weighted by molar-refractivity contribution is 0.337. The molecule has 1 N–H and O–H groups in total. The summed E-state index contributed by atoms with van der Waals surface area (Å²) in [5, 5.41) is 3.25. The second-order valence-corrected chi connectivity index (χ2v) is 9.54. The van der Waals surface area contributed by atoms with Gasteiger partial charge >= 0.3 is 0 Å². The van der Waals surface area contributed by atoms with Gasteiger partial charge in [-0.25, -0.2) is 8.42 Å². The van der Waals surface area contributed by atoms with Gasteiger partial charge in [0, 0.05) is 6.54 Å². The first-order chi connectivity index (χ1) is 9.67. The van der Waals surface area contributed by atoms with Crippen LogP contribution in [0.15, 0.2) is 22.7 Å². The van der Waals surface area contributed by atoms with Gasteiger partial charge in [-0.2, -0.15) is 0 Å². The van der Waals surface area contributed by atoms with Crippen LogP contribution in [-0.4, -0.2) is 32.1 Å². The van der Waals surface area contributed by atoms with Crippen molar-refractivity contribution in [1.82, 2.24) is 5.32 Å². The molecule has 0 amide bonds. The molecule has 0 aromatic heterocycles. The molecule has 0 spiro atoms. The fourth-order valence-electron chi connectivity index (χ4n) is 1.61. The summed E-state index contributed by atoms with van der Waals surface area (Å²) in [6.45, 7) is 9.04. The van der Waals surface area contributed by atoms with E-state index in [0.717, 1.165) is 23.1 Å². The van der Waals surface area contributed by atoms with E-state index < -0.39 is 14.6 Å². The number of hydrogen-bond donors (Lipinski definition) is 1. The molecule has 0 aliphatic heterocycles. The number of halogens is 1. The first-order valence-corrected chi connectivity index (χ1v) is 9.46. The smallest absolute Gasteiger partial charge is 0.158 e. The first-order valence-electron chi connectivity index (χ1n) is 7.01. The van der Waals surface area contributed by atoms with Crippen LogP contribution in [-0.2, 0) is 16.4 Å². The first kappa shape index (κ1) is 18.5. The van der Waals surface area contributed by atoms with E-state index in [1.807, 2.05) is 18.2 Å². The Bertz CT molecular complexity index is 565. The molecule has 21 heavy (non-hydrogen) atoms. The molecule has 1 rings (SSSR count). The van der Waals surface area contributed by atoms with Crippen molar-refractivity contribution in [1.29, 1.82) is 0 Å². The second-order valence-electron chi connectivity index (χ2n) is 5.82. The van der Waals surface area contributed by atoms with Gasteiger partial charge in [-0.3, -0.25) is 0 Å². The van der Waals surface area contributed by atoms with Crippen molar-refractivity contribution in [2.75, 3.05) is 18.9 Å². The van der Waals surface area contributed by atoms with Gasteiger partial charge in [0.15, 0.2) is 9.84 Å². The minimum atomic E-state index is -3.15. The predicted molar refractivity (Wildman–Crippen MR) is 90.6 cm³/mol. The molecule has 0 heterocycles. The lowest BCUT2D eigenvalue weighted by atomic mass is 10.2. The van der Waals surface area contributed by atoms with Crippen LogP contribution in [0.4, 0.5) is 0 Å². The molecular weight excluding hydrogens is 354 g/mol. The molecule has 0 fully saturated rings. The zero-order valence-corrected chi connectivity index (χ0v) is 15.5. The molecule has 6 heteroatoms. The molecule has 0 atom stereocenters. The van der Waals surface area contributed by atoms with Gasteiger partial charge < -0.3 is 10.1 Å². The number of hydrogen-bond acceptors (Lipinski definition) is 4. The Labute approximate surface area is 136 Å². The van der Waals surface area contributed by atoms with Crippen molar-refractivity contribution >= 4 is 25.8 Å². The molecule has 0 aliphatic rings. The van der Waals surface area contributed by atoms with E-state index in [0.29, 0.717) is 5.75 Å². The minimum Gasteiger partial charge on any atom is -0.491 e. The molecule has 0 aliphatic carbocycles.